The third kappa shape index (κ3) is 12.9. The van der Waals surface area contributed by atoms with Crippen LogP contribution in [0.3, 0.4) is 0 Å². The van der Waals surface area contributed by atoms with Gasteiger partial charge in [0.15, 0.2) is 0 Å². The zero-order chi connectivity index (χ0) is 45.9. The number of likely N-dealkylation sites (tertiary alicyclic amines) is 2. The van der Waals surface area contributed by atoms with E-state index in [2.05, 4.69) is 62.3 Å². The largest absolute Gasteiger partial charge is 0.391 e. The fourth-order valence-electron chi connectivity index (χ4n) is 10.0. The number of aromatic nitrogens is 1. The summed E-state index contributed by atoms with van der Waals surface area (Å²) in [6, 6.07) is 16.0. The van der Waals surface area contributed by atoms with E-state index < -0.39 is 12.1 Å². The summed E-state index contributed by atoms with van der Waals surface area (Å²) < 4.78 is 0. The van der Waals surface area contributed by atoms with Gasteiger partial charge in [0.2, 0.25) is 12.3 Å². The molecule has 3 aromatic rings. The molecule has 4 aliphatic rings. The predicted octanol–water partition coefficient (Wildman–Crippen LogP) is 7.42. The Morgan fingerprint density at radius 1 is 1.02 bits per heavy atom. The van der Waals surface area contributed by atoms with E-state index >= 15 is 0 Å². The van der Waals surface area contributed by atoms with E-state index in [0.29, 0.717) is 42.3 Å². The van der Waals surface area contributed by atoms with Crippen molar-refractivity contribution in [1.82, 2.24) is 31.0 Å². The number of hydrogen-bond acceptors (Lipinski definition) is 11. The molecular formula is C50H73N9O4S. The number of aliphatic imine (C=N–C) groups is 1. The van der Waals surface area contributed by atoms with E-state index in [0.717, 1.165) is 49.2 Å². The second-order valence-corrected chi connectivity index (χ2v) is 20.7. The number of hydrazone groups is 1. The Kier molecular flexibility index (Phi) is 17.3. The van der Waals surface area contributed by atoms with E-state index in [4.69, 9.17) is 10.8 Å². The standard InChI is InChI=1S/C37H59N7O3.C13H14N2OS/c1-5-19-40-42-34(46)30-12-10-27(11-13-30)28-14-17-37(18-15-28)24-43(25-37)22-26-6-8-29(9-7-26)32(41-38)21-39-33(36(2,3)4)35(47)44-20-16-31(45)23-44;1-9(14-7-16)11-3-5-12(6-4-11)13-10(2)15-8-17-13/h10-13,21,26,28-29,31,33,40,45H,5-9,14-20,22-25,38H2,1-4H3,(H,42,46);3-9H,1-2H3,(H,14,16)/b39-21?,41-32+;. The Balaban J connectivity index is 0.000000333. The van der Waals surface area contributed by atoms with Crippen LogP contribution in [-0.2, 0) is 9.59 Å². The van der Waals surface area contributed by atoms with Gasteiger partial charge in [0.05, 0.1) is 33.9 Å². The molecule has 2 aliphatic heterocycles. The average molecular weight is 896 g/mol. The summed E-state index contributed by atoms with van der Waals surface area (Å²) in [6.45, 7) is 17.5. The molecule has 14 heteroatoms. The maximum Gasteiger partial charge on any atom is 0.265 e. The van der Waals surface area contributed by atoms with Crippen LogP contribution in [0.2, 0.25) is 0 Å². The number of rotatable bonds is 15. The molecule has 0 radical (unpaired) electrons. The number of benzene rings is 2. The number of nitrogens with two attached hydrogens (primary N) is 1. The molecule has 348 valence electrons. The lowest BCUT2D eigenvalue weighted by Crippen LogP contribution is -2.58. The number of carbonyl (C=O) groups is 3. The molecule has 3 amide bonds. The van der Waals surface area contributed by atoms with Crippen molar-refractivity contribution < 1.29 is 19.5 Å². The molecule has 1 spiro atoms. The Morgan fingerprint density at radius 3 is 2.27 bits per heavy atom. The van der Waals surface area contributed by atoms with Crippen molar-refractivity contribution >= 4 is 41.5 Å². The highest BCUT2D eigenvalue weighted by atomic mass is 32.1. The first-order chi connectivity index (χ1) is 30.7. The van der Waals surface area contributed by atoms with E-state index in [1.807, 2.05) is 64.4 Å². The molecular weight excluding hydrogens is 823 g/mol. The maximum absolute atomic E-state index is 13.3. The van der Waals surface area contributed by atoms with Crippen LogP contribution >= 0.6 is 11.3 Å². The first kappa shape index (κ1) is 48.9. The lowest BCUT2D eigenvalue weighted by molar-refractivity contribution is -0.134. The van der Waals surface area contributed by atoms with Crippen molar-refractivity contribution in [3.63, 3.8) is 0 Å². The molecule has 1 aromatic heterocycles. The van der Waals surface area contributed by atoms with Gasteiger partial charge in [0.25, 0.3) is 5.91 Å². The topological polar surface area (TPSA) is 178 Å². The van der Waals surface area contributed by atoms with Crippen LogP contribution in [0.15, 0.2) is 64.1 Å². The molecule has 6 N–H and O–H groups in total. The van der Waals surface area contributed by atoms with Gasteiger partial charge in [0.1, 0.15) is 6.04 Å². The van der Waals surface area contributed by atoms with Crippen molar-refractivity contribution in [2.24, 2.45) is 38.6 Å². The third-order valence-corrected chi connectivity index (χ3v) is 14.9. The van der Waals surface area contributed by atoms with E-state index in [9.17, 15) is 19.5 Å². The first-order valence-electron chi connectivity index (χ1n) is 23.6. The van der Waals surface area contributed by atoms with Crippen LogP contribution in [0.25, 0.3) is 10.4 Å². The summed E-state index contributed by atoms with van der Waals surface area (Å²) >= 11 is 1.64. The second kappa shape index (κ2) is 22.6. The number of amides is 3. The van der Waals surface area contributed by atoms with Gasteiger partial charge in [-0.1, -0.05) is 64.1 Å². The van der Waals surface area contributed by atoms with Crippen LogP contribution in [-0.4, -0.2) is 101 Å². The van der Waals surface area contributed by atoms with Gasteiger partial charge >= 0.3 is 0 Å². The van der Waals surface area contributed by atoms with Gasteiger partial charge in [0, 0.05) is 57.0 Å². The lowest BCUT2D eigenvalue weighted by atomic mass is 9.64. The van der Waals surface area contributed by atoms with E-state index in [-0.39, 0.29) is 29.2 Å². The highest BCUT2D eigenvalue weighted by molar-refractivity contribution is 7.13. The minimum Gasteiger partial charge on any atom is -0.391 e. The quantitative estimate of drug-likeness (QED) is 0.0344. The Bertz CT molecular complexity index is 2020. The second-order valence-electron chi connectivity index (χ2n) is 19.9. The highest BCUT2D eigenvalue weighted by Gasteiger charge is 2.46. The number of hydrazine groups is 1. The van der Waals surface area contributed by atoms with Crippen molar-refractivity contribution in [3.8, 4) is 10.4 Å². The van der Waals surface area contributed by atoms with Crippen LogP contribution in [0.5, 0.6) is 0 Å². The molecule has 0 bridgehead atoms. The number of aliphatic hydroxyl groups is 1. The number of nitrogens with zero attached hydrogens (tertiary/aromatic N) is 5. The SMILES string of the molecule is CCCNNC(=O)c1ccc(C2CCC3(CC2)CN(CC2CCC(/C(C=NC(C(=O)N4CCC(O)C4)C(C)(C)C)=N/N)CC2)C3)cc1.Cc1ncsc1-c1ccc(C(C)NC=O)cc1. The van der Waals surface area contributed by atoms with E-state index in [1.165, 1.54) is 74.2 Å². The summed E-state index contributed by atoms with van der Waals surface area (Å²) in [4.78, 5) is 50.6. The van der Waals surface area contributed by atoms with Gasteiger partial charge in [-0.05, 0) is 130 Å². The predicted molar refractivity (Wildman–Crippen MR) is 258 cm³/mol. The van der Waals surface area contributed by atoms with Gasteiger partial charge in [-0.3, -0.25) is 24.8 Å². The number of carbonyl (C=O) groups excluding carboxylic acids is 3. The van der Waals surface area contributed by atoms with Gasteiger partial charge in [-0.2, -0.15) is 5.10 Å². The zero-order valence-electron chi connectivity index (χ0n) is 39.0. The Morgan fingerprint density at radius 2 is 1.70 bits per heavy atom. The smallest absolute Gasteiger partial charge is 0.265 e. The van der Waals surface area contributed by atoms with Crippen molar-refractivity contribution in [2.45, 2.75) is 130 Å². The normalized spacial score (nSPS) is 22.6. The molecule has 2 aliphatic carbocycles. The van der Waals surface area contributed by atoms with Crippen LogP contribution in [0, 0.1) is 29.6 Å². The fourth-order valence-corrected chi connectivity index (χ4v) is 10.8. The Labute approximate surface area is 385 Å². The Hall–Kier alpha value is -4.50. The summed E-state index contributed by atoms with van der Waals surface area (Å²) in [5.74, 6) is 7.34. The highest BCUT2D eigenvalue weighted by Crippen LogP contribution is 2.49. The molecule has 2 saturated heterocycles. The number of aliphatic hydroxyl groups excluding tert-OH is 1. The number of β-amino-alcohol motifs (C(OH)–C–C–N with tert-alkyl or cyclic N) is 1. The van der Waals surface area contributed by atoms with Crippen LogP contribution in [0.1, 0.15) is 138 Å². The lowest BCUT2D eigenvalue weighted by Gasteiger charge is -2.54. The molecule has 2 saturated carbocycles. The van der Waals surface area contributed by atoms with Crippen molar-refractivity contribution in [2.75, 3.05) is 39.3 Å². The molecule has 4 fully saturated rings. The molecule has 64 heavy (non-hydrogen) atoms. The summed E-state index contributed by atoms with van der Waals surface area (Å²) in [5.41, 5.74) is 13.9. The van der Waals surface area contributed by atoms with Gasteiger partial charge < -0.3 is 26.1 Å². The monoisotopic (exact) mass is 896 g/mol. The molecule has 3 atom stereocenters. The number of thiazole rings is 1. The maximum atomic E-state index is 13.3. The molecule has 13 nitrogen and oxygen atoms in total. The fraction of sp³-hybridized carbons (Fsp3) is 0.600. The summed E-state index contributed by atoms with van der Waals surface area (Å²) in [5, 5.41) is 16.8. The molecule has 3 heterocycles. The average Bonchev–Trinajstić information content (AvgIpc) is 3.93. The number of aryl methyl sites for hydroxylation is 1. The molecule has 7 rings (SSSR count). The van der Waals surface area contributed by atoms with Crippen LogP contribution < -0.4 is 22.0 Å². The van der Waals surface area contributed by atoms with Gasteiger partial charge in [-0.25, -0.2) is 10.4 Å². The third-order valence-electron chi connectivity index (χ3n) is 13.9. The number of nitrogens with one attached hydrogen (secondary N) is 3. The minimum atomic E-state index is -0.527. The molecule has 3 unspecified atom stereocenters. The first-order valence-corrected chi connectivity index (χ1v) is 24.4. The van der Waals surface area contributed by atoms with Crippen LogP contribution in [0.4, 0.5) is 0 Å². The van der Waals surface area contributed by atoms with Crippen molar-refractivity contribution in [3.05, 3.63) is 76.4 Å². The summed E-state index contributed by atoms with van der Waals surface area (Å²) in [6.07, 6.45) is 13.1. The minimum absolute atomic E-state index is 0.0262. The zero-order valence-corrected chi connectivity index (χ0v) is 39.8. The molecule has 2 aromatic carbocycles. The van der Waals surface area contributed by atoms with Crippen molar-refractivity contribution in [1.29, 1.82) is 0 Å². The number of hydrogen-bond donors (Lipinski definition) is 5. The van der Waals surface area contributed by atoms with Gasteiger partial charge in [-0.15, -0.1) is 11.3 Å². The van der Waals surface area contributed by atoms with E-state index in [1.54, 1.807) is 22.5 Å². The summed E-state index contributed by atoms with van der Waals surface area (Å²) in [7, 11) is 0.